The fraction of sp³-hybridized carbons (Fsp3) is 0.316. The van der Waals surface area contributed by atoms with Gasteiger partial charge < -0.3 is 5.32 Å². The SMILES string of the molecule is CS(=O)(=O)c1ccc(NC(=O)CN2CCC[C@@H]2c2ccccc2)cc1. The fourth-order valence-corrected chi connectivity index (χ4v) is 3.87. The summed E-state index contributed by atoms with van der Waals surface area (Å²) in [4.78, 5) is 14.8. The van der Waals surface area contributed by atoms with Crippen molar-refractivity contribution in [3.63, 3.8) is 0 Å². The van der Waals surface area contributed by atoms with E-state index < -0.39 is 9.84 Å². The summed E-state index contributed by atoms with van der Waals surface area (Å²) in [6.07, 6.45) is 3.30. The smallest absolute Gasteiger partial charge is 0.238 e. The molecule has 0 aromatic heterocycles. The minimum atomic E-state index is -3.23. The molecule has 1 atom stereocenters. The van der Waals surface area contributed by atoms with E-state index in [2.05, 4.69) is 22.3 Å². The number of amides is 1. The monoisotopic (exact) mass is 358 g/mol. The zero-order valence-corrected chi connectivity index (χ0v) is 15.0. The highest BCUT2D eigenvalue weighted by atomic mass is 32.2. The molecular formula is C19H22N2O3S. The lowest BCUT2D eigenvalue weighted by Crippen LogP contribution is -2.32. The standard InChI is InChI=1S/C19H22N2O3S/c1-25(23,24)17-11-9-16(10-12-17)20-19(22)14-21-13-5-8-18(21)15-6-3-2-4-7-15/h2-4,6-7,9-12,18H,5,8,13-14H2,1H3,(H,20,22)/t18-/m1/s1. The van der Waals surface area contributed by atoms with Crippen molar-refractivity contribution in [3.05, 3.63) is 60.2 Å². The molecule has 1 amide bonds. The number of likely N-dealkylation sites (tertiary alicyclic amines) is 1. The zero-order valence-electron chi connectivity index (χ0n) is 14.2. The molecule has 0 unspecified atom stereocenters. The predicted octanol–water partition coefficient (Wildman–Crippen LogP) is 2.87. The van der Waals surface area contributed by atoms with Crippen LogP contribution in [-0.2, 0) is 14.6 Å². The van der Waals surface area contributed by atoms with Crippen molar-refractivity contribution in [2.75, 3.05) is 24.7 Å². The summed E-state index contributed by atoms with van der Waals surface area (Å²) in [6, 6.07) is 16.8. The van der Waals surface area contributed by atoms with E-state index in [1.165, 1.54) is 17.7 Å². The lowest BCUT2D eigenvalue weighted by atomic mass is 10.0. The second-order valence-corrected chi connectivity index (χ2v) is 8.40. The van der Waals surface area contributed by atoms with Crippen LogP contribution in [0.5, 0.6) is 0 Å². The number of benzene rings is 2. The van der Waals surface area contributed by atoms with Gasteiger partial charge in [0.2, 0.25) is 5.91 Å². The highest BCUT2D eigenvalue weighted by Crippen LogP contribution is 2.31. The van der Waals surface area contributed by atoms with Gasteiger partial charge >= 0.3 is 0 Å². The topological polar surface area (TPSA) is 66.5 Å². The van der Waals surface area contributed by atoms with Crippen LogP contribution in [-0.4, -0.2) is 38.6 Å². The summed E-state index contributed by atoms with van der Waals surface area (Å²) in [5.41, 5.74) is 1.85. The number of carbonyl (C=O) groups excluding carboxylic acids is 1. The first kappa shape index (κ1) is 17.6. The molecule has 2 aromatic carbocycles. The Hall–Kier alpha value is -2.18. The van der Waals surface area contributed by atoms with Crippen LogP contribution < -0.4 is 5.32 Å². The summed E-state index contributed by atoms with van der Waals surface area (Å²) >= 11 is 0. The summed E-state index contributed by atoms with van der Waals surface area (Å²) in [5, 5.41) is 2.84. The number of rotatable bonds is 5. The van der Waals surface area contributed by atoms with Crippen LogP contribution in [0.15, 0.2) is 59.5 Å². The van der Waals surface area contributed by atoms with Crippen molar-refractivity contribution in [1.29, 1.82) is 0 Å². The largest absolute Gasteiger partial charge is 0.325 e. The van der Waals surface area contributed by atoms with Gasteiger partial charge in [0, 0.05) is 18.0 Å². The average molecular weight is 358 g/mol. The van der Waals surface area contributed by atoms with Crippen LogP contribution in [0, 0.1) is 0 Å². The molecule has 1 aliphatic rings. The van der Waals surface area contributed by atoms with E-state index in [-0.39, 0.29) is 16.8 Å². The number of hydrogen-bond acceptors (Lipinski definition) is 4. The van der Waals surface area contributed by atoms with Gasteiger partial charge in [-0.25, -0.2) is 8.42 Å². The second-order valence-electron chi connectivity index (χ2n) is 6.38. The first-order valence-electron chi connectivity index (χ1n) is 8.32. The van der Waals surface area contributed by atoms with E-state index >= 15 is 0 Å². The molecule has 5 nitrogen and oxygen atoms in total. The molecule has 0 spiro atoms. The molecule has 1 heterocycles. The number of hydrogen-bond donors (Lipinski definition) is 1. The van der Waals surface area contributed by atoms with Gasteiger partial charge in [-0.2, -0.15) is 0 Å². The third kappa shape index (κ3) is 4.46. The van der Waals surface area contributed by atoms with E-state index in [1.807, 2.05) is 18.2 Å². The minimum Gasteiger partial charge on any atom is -0.325 e. The van der Waals surface area contributed by atoms with E-state index in [4.69, 9.17) is 0 Å². The lowest BCUT2D eigenvalue weighted by molar-refractivity contribution is -0.117. The number of sulfone groups is 1. The molecule has 1 aliphatic heterocycles. The Morgan fingerprint density at radius 3 is 2.44 bits per heavy atom. The number of carbonyl (C=O) groups is 1. The molecule has 132 valence electrons. The van der Waals surface area contributed by atoms with E-state index in [0.717, 1.165) is 25.6 Å². The highest BCUT2D eigenvalue weighted by Gasteiger charge is 2.27. The molecular weight excluding hydrogens is 336 g/mol. The Bertz CT molecular complexity index is 833. The number of nitrogens with one attached hydrogen (secondary N) is 1. The molecule has 0 bridgehead atoms. The molecule has 0 saturated carbocycles. The molecule has 1 saturated heterocycles. The Labute approximate surface area is 148 Å². The first-order chi connectivity index (χ1) is 11.9. The summed E-state index contributed by atoms with van der Waals surface area (Å²) in [5.74, 6) is -0.0880. The van der Waals surface area contributed by atoms with Crippen molar-refractivity contribution in [2.45, 2.75) is 23.8 Å². The van der Waals surface area contributed by atoms with Crippen LogP contribution in [0.3, 0.4) is 0 Å². The highest BCUT2D eigenvalue weighted by molar-refractivity contribution is 7.90. The maximum atomic E-state index is 12.4. The lowest BCUT2D eigenvalue weighted by Gasteiger charge is -2.24. The number of nitrogens with zero attached hydrogens (tertiary/aromatic N) is 1. The molecule has 2 aromatic rings. The maximum Gasteiger partial charge on any atom is 0.238 e. The fourth-order valence-electron chi connectivity index (χ4n) is 3.24. The Morgan fingerprint density at radius 2 is 1.80 bits per heavy atom. The van der Waals surface area contributed by atoms with Gasteiger partial charge in [-0.1, -0.05) is 30.3 Å². The van der Waals surface area contributed by atoms with Crippen LogP contribution in [0.2, 0.25) is 0 Å². The quantitative estimate of drug-likeness (QED) is 0.892. The average Bonchev–Trinajstić information content (AvgIpc) is 3.03. The number of anilines is 1. The third-order valence-corrected chi connectivity index (χ3v) is 5.59. The van der Waals surface area contributed by atoms with Crippen molar-refractivity contribution in [2.24, 2.45) is 0 Å². The normalized spacial score (nSPS) is 18.2. The Kier molecular flexibility index (Phi) is 5.20. The van der Waals surface area contributed by atoms with Crippen LogP contribution in [0.4, 0.5) is 5.69 Å². The van der Waals surface area contributed by atoms with Gasteiger partial charge in [0.05, 0.1) is 11.4 Å². The molecule has 0 radical (unpaired) electrons. The zero-order chi connectivity index (χ0) is 17.9. The molecule has 3 rings (SSSR count). The van der Waals surface area contributed by atoms with Crippen LogP contribution in [0.25, 0.3) is 0 Å². The van der Waals surface area contributed by atoms with Crippen molar-refractivity contribution in [3.8, 4) is 0 Å². The Balaban J connectivity index is 1.62. The van der Waals surface area contributed by atoms with Crippen LogP contribution in [0.1, 0.15) is 24.4 Å². The Morgan fingerprint density at radius 1 is 1.12 bits per heavy atom. The van der Waals surface area contributed by atoms with Gasteiger partial charge in [-0.05, 0) is 49.2 Å². The molecule has 1 fully saturated rings. The van der Waals surface area contributed by atoms with Gasteiger partial charge in [-0.3, -0.25) is 9.69 Å². The van der Waals surface area contributed by atoms with E-state index in [1.54, 1.807) is 12.1 Å². The van der Waals surface area contributed by atoms with Crippen molar-refractivity contribution >= 4 is 21.4 Å². The second kappa shape index (κ2) is 7.37. The minimum absolute atomic E-state index is 0.0880. The maximum absolute atomic E-state index is 12.4. The van der Waals surface area contributed by atoms with Gasteiger partial charge in [0.15, 0.2) is 9.84 Å². The molecule has 25 heavy (non-hydrogen) atoms. The van der Waals surface area contributed by atoms with E-state index in [0.29, 0.717) is 12.2 Å². The summed E-state index contributed by atoms with van der Waals surface area (Å²) in [7, 11) is -3.23. The van der Waals surface area contributed by atoms with Gasteiger partial charge in [-0.15, -0.1) is 0 Å². The first-order valence-corrected chi connectivity index (χ1v) is 10.2. The summed E-state index contributed by atoms with van der Waals surface area (Å²) < 4.78 is 22.9. The van der Waals surface area contributed by atoms with E-state index in [9.17, 15) is 13.2 Å². The van der Waals surface area contributed by atoms with Crippen molar-refractivity contribution < 1.29 is 13.2 Å². The van der Waals surface area contributed by atoms with Crippen molar-refractivity contribution in [1.82, 2.24) is 4.90 Å². The van der Waals surface area contributed by atoms with Gasteiger partial charge in [0.25, 0.3) is 0 Å². The molecule has 1 N–H and O–H groups in total. The molecule has 0 aliphatic carbocycles. The molecule has 6 heteroatoms. The predicted molar refractivity (Wildman–Crippen MR) is 98.2 cm³/mol. The van der Waals surface area contributed by atoms with Crippen LogP contribution >= 0.6 is 0 Å². The van der Waals surface area contributed by atoms with Gasteiger partial charge in [0.1, 0.15) is 0 Å². The summed E-state index contributed by atoms with van der Waals surface area (Å²) in [6.45, 7) is 1.23. The third-order valence-electron chi connectivity index (χ3n) is 4.46.